The topological polar surface area (TPSA) is 88.5 Å². The fraction of sp³-hybridized carbons (Fsp3) is 0.200. The highest BCUT2D eigenvalue weighted by atomic mass is 32.2. The second-order valence-electron chi connectivity index (χ2n) is 10.2. The van der Waals surface area contributed by atoms with Crippen molar-refractivity contribution >= 4 is 52.2 Å². The van der Waals surface area contributed by atoms with Crippen LogP contribution in [0.5, 0.6) is 0 Å². The third kappa shape index (κ3) is 5.54. The van der Waals surface area contributed by atoms with Gasteiger partial charge in [0.15, 0.2) is 0 Å². The molecule has 1 saturated heterocycles. The number of imide groups is 1. The zero-order chi connectivity index (χ0) is 32.3. The third-order valence-electron chi connectivity index (χ3n) is 7.45. The van der Waals surface area contributed by atoms with Crippen molar-refractivity contribution in [3.05, 3.63) is 110 Å². The van der Waals surface area contributed by atoms with Crippen LogP contribution in [-0.2, 0) is 33.3 Å². The summed E-state index contributed by atoms with van der Waals surface area (Å²) in [6.07, 6.45) is -9.48. The molecule has 0 radical (unpaired) electrons. The molecule has 2 aliphatic heterocycles. The second-order valence-corrected chi connectivity index (χ2v) is 12.4. The summed E-state index contributed by atoms with van der Waals surface area (Å²) >= 11 is 1.55. The van der Waals surface area contributed by atoms with Gasteiger partial charge in [-0.2, -0.15) is 26.3 Å². The van der Waals surface area contributed by atoms with E-state index in [1.807, 2.05) is 0 Å². The average Bonchev–Trinajstić information content (AvgIpc) is 3.43. The zero-order valence-corrected chi connectivity index (χ0v) is 24.2. The summed E-state index contributed by atoms with van der Waals surface area (Å²) in [5.74, 6) is -4.44. The molecular weight excluding hydrogens is 644 g/mol. The monoisotopic (exact) mass is 663 g/mol. The van der Waals surface area contributed by atoms with E-state index in [1.165, 1.54) is 12.1 Å². The molecule has 7 nitrogen and oxygen atoms in total. The molecule has 0 unspecified atom stereocenters. The van der Waals surface area contributed by atoms with Gasteiger partial charge < -0.3 is 5.32 Å². The van der Waals surface area contributed by atoms with Crippen LogP contribution in [-0.4, -0.2) is 27.5 Å². The molecule has 0 aliphatic carbocycles. The summed E-state index contributed by atoms with van der Waals surface area (Å²) in [6, 6.07) is 16.6. The number of halogens is 6. The molecule has 3 heterocycles. The Kier molecular flexibility index (Phi) is 7.64. The number of nitrogens with zero attached hydrogens (tertiary/aromatic N) is 2. The minimum absolute atomic E-state index is 0.173. The Labute approximate surface area is 258 Å². The van der Waals surface area contributed by atoms with Crippen molar-refractivity contribution in [2.45, 2.75) is 35.1 Å². The van der Waals surface area contributed by atoms with Crippen LogP contribution >= 0.6 is 23.1 Å². The minimum atomic E-state index is -4.75. The molecule has 4 aromatic rings. The molecule has 0 saturated carbocycles. The predicted octanol–water partition coefficient (Wildman–Crippen LogP) is 6.38. The molecule has 1 fully saturated rings. The number of benzene rings is 3. The number of nitrogens with one attached hydrogen (secondary N) is 1. The minimum Gasteiger partial charge on any atom is -0.324 e. The first kappa shape index (κ1) is 30.6. The Morgan fingerprint density at radius 2 is 1.51 bits per heavy atom. The van der Waals surface area contributed by atoms with Crippen LogP contribution in [0.2, 0.25) is 0 Å². The number of fused-ring (bicyclic) bond motifs is 2. The fourth-order valence-electron chi connectivity index (χ4n) is 5.52. The van der Waals surface area contributed by atoms with Gasteiger partial charge in [0.2, 0.25) is 17.7 Å². The Balaban J connectivity index is 1.39. The number of aromatic nitrogens is 1. The Morgan fingerprint density at radius 3 is 2.20 bits per heavy atom. The first-order valence-corrected chi connectivity index (χ1v) is 14.9. The van der Waals surface area contributed by atoms with Crippen LogP contribution in [0.4, 0.5) is 37.7 Å². The van der Waals surface area contributed by atoms with Crippen molar-refractivity contribution < 1.29 is 40.7 Å². The van der Waals surface area contributed by atoms with Crippen LogP contribution in [0.15, 0.2) is 88.7 Å². The normalized spacial score (nSPS) is 19.8. The summed E-state index contributed by atoms with van der Waals surface area (Å²) in [4.78, 5) is 54.2. The maximum absolute atomic E-state index is 13.9. The Hall–Kier alpha value is -4.37. The van der Waals surface area contributed by atoms with Gasteiger partial charge in [-0.3, -0.25) is 23.7 Å². The van der Waals surface area contributed by atoms with Gasteiger partial charge in [-0.05, 0) is 35.9 Å². The van der Waals surface area contributed by atoms with Gasteiger partial charge in [0.1, 0.15) is 11.8 Å². The average molecular weight is 664 g/mol. The molecule has 1 aromatic heterocycles. The largest absolute Gasteiger partial charge is 0.418 e. The highest BCUT2D eigenvalue weighted by Crippen LogP contribution is 2.54. The highest BCUT2D eigenvalue weighted by Gasteiger charge is 2.57. The highest BCUT2D eigenvalue weighted by molar-refractivity contribution is 8.00. The molecule has 1 N–H and O–H groups in total. The second kappa shape index (κ2) is 11.2. The molecule has 3 amide bonds. The molecule has 0 spiro atoms. The van der Waals surface area contributed by atoms with E-state index < -0.39 is 75.4 Å². The van der Waals surface area contributed by atoms with Gasteiger partial charge in [0.25, 0.3) is 0 Å². The SMILES string of the molecule is O=C(Cn1c2c(sc1=O)[C@@H](c1ccccc1)[C@@H]1C(=O)N(c3cccc(C(F)(F)F)c3)C(=O)[C@@H]1S2)Nc1ccccc1C(F)(F)F. The van der Waals surface area contributed by atoms with Crippen molar-refractivity contribution in [1.29, 1.82) is 0 Å². The summed E-state index contributed by atoms with van der Waals surface area (Å²) in [5.41, 5.74) is -2.34. The molecule has 15 heteroatoms. The van der Waals surface area contributed by atoms with Crippen molar-refractivity contribution in [1.82, 2.24) is 4.57 Å². The van der Waals surface area contributed by atoms with Crippen LogP contribution in [0.25, 0.3) is 0 Å². The first-order valence-electron chi connectivity index (χ1n) is 13.2. The van der Waals surface area contributed by atoms with E-state index >= 15 is 0 Å². The number of rotatable bonds is 5. The molecule has 3 atom stereocenters. The van der Waals surface area contributed by atoms with Gasteiger partial charge in [0, 0.05) is 10.8 Å². The van der Waals surface area contributed by atoms with Crippen LogP contribution in [0.3, 0.4) is 0 Å². The van der Waals surface area contributed by atoms with Gasteiger partial charge >= 0.3 is 17.2 Å². The number of carbonyl (C=O) groups excluding carboxylic acids is 3. The van der Waals surface area contributed by atoms with E-state index in [4.69, 9.17) is 0 Å². The van der Waals surface area contributed by atoms with E-state index in [1.54, 1.807) is 30.3 Å². The number of carbonyl (C=O) groups is 3. The molecule has 0 bridgehead atoms. The summed E-state index contributed by atoms with van der Waals surface area (Å²) in [5, 5.41) is 1.20. The van der Waals surface area contributed by atoms with E-state index in [2.05, 4.69) is 5.32 Å². The summed E-state index contributed by atoms with van der Waals surface area (Å²) in [7, 11) is 0. The summed E-state index contributed by atoms with van der Waals surface area (Å²) < 4.78 is 81.8. The van der Waals surface area contributed by atoms with Crippen molar-refractivity contribution in [2.24, 2.45) is 5.92 Å². The number of thioether (sulfide) groups is 1. The quantitative estimate of drug-likeness (QED) is 0.198. The number of amides is 3. The van der Waals surface area contributed by atoms with E-state index in [0.717, 1.165) is 58.0 Å². The van der Waals surface area contributed by atoms with E-state index in [9.17, 15) is 45.5 Å². The number of alkyl halides is 6. The van der Waals surface area contributed by atoms with Crippen molar-refractivity contribution in [3.8, 4) is 0 Å². The lowest BCUT2D eigenvalue weighted by atomic mass is 9.83. The van der Waals surface area contributed by atoms with Crippen LogP contribution < -0.4 is 15.1 Å². The number of anilines is 2. The summed E-state index contributed by atoms with van der Waals surface area (Å²) in [6.45, 7) is -0.692. The van der Waals surface area contributed by atoms with Crippen LogP contribution in [0, 0.1) is 5.92 Å². The van der Waals surface area contributed by atoms with E-state index in [-0.39, 0.29) is 10.7 Å². The number of para-hydroxylation sites is 1. The van der Waals surface area contributed by atoms with Gasteiger partial charge in [-0.1, -0.05) is 71.6 Å². The maximum Gasteiger partial charge on any atom is 0.418 e. The Bertz CT molecular complexity index is 1890. The van der Waals surface area contributed by atoms with Gasteiger partial charge in [0.05, 0.1) is 33.4 Å². The van der Waals surface area contributed by atoms with Crippen molar-refractivity contribution in [2.75, 3.05) is 10.2 Å². The fourth-order valence-corrected chi connectivity index (χ4v) is 8.30. The van der Waals surface area contributed by atoms with Gasteiger partial charge in [-0.25, -0.2) is 4.90 Å². The van der Waals surface area contributed by atoms with Gasteiger partial charge in [-0.15, -0.1) is 0 Å². The van der Waals surface area contributed by atoms with E-state index in [0.29, 0.717) is 21.4 Å². The smallest absolute Gasteiger partial charge is 0.324 e. The molecule has 3 aromatic carbocycles. The molecule has 232 valence electrons. The third-order valence-corrected chi connectivity index (χ3v) is 10.1. The molecule has 6 rings (SSSR count). The number of hydrogen-bond acceptors (Lipinski definition) is 6. The zero-order valence-electron chi connectivity index (χ0n) is 22.6. The predicted molar refractivity (Wildman–Crippen MR) is 154 cm³/mol. The lowest BCUT2D eigenvalue weighted by Crippen LogP contribution is -2.33. The molecular formula is C30H19F6N3O4S2. The van der Waals surface area contributed by atoms with Crippen LogP contribution in [0.1, 0.15) is 27.5 Å². The maximum atomic E-state index is 13.9. The standard InChI is InChI=1S/C30H19F6N3O4S2/c31-29(32,33)16-9-6-10-17(13-16)39-25(41)22-21(15-7-2-1-3-8-15)24-27(44-23(22)26(39)42)38(28(43)45-24)14-20(40)37-19-12-5-4-11-18(19)30(34,35)36/h1-13,21-23H,14H2,(H,37,40)/t21-,22-,23+/m0/s1. The Morgan fingerprint density at radius 1 is 0.822 bits per heavy atom. The number of hydrogen-bond donors (Lipinski definition) is 1. The molecule has 2 aliphatic rings. The number of thiazole rings is 1. The lowest BCUT2D eigenvalue weighted by molar-refractivity contribution is -0.138. The van der Waals surface area contributed by atoms with Crippen molar-refractivity contribution in [3.63, 3.8) is 0 Å². The lowest BCUT2D eigenvalue weighted by Gasteiger charge is -2.30. The molecule has 45 heavy (non-hydrogen) atoms. The first-order chi connectivity index (χ1) is 21.3.